The zero-order chi connectivity index (χ0) is 27.7. The van der Waals surface area contributed by atoms with Gasteiger partial charge in [0.25, 0.3) is 0 Å². The lowest BCUT2D eigenvalue weighted by molar-refractivity contribution is 0.415. The molecule has 1 heteroatoms. The zero-order valence-corrected chi connectivity index (χ0v) is 23.5. The lowest BCUT2D eigenvalue weighted by Gasteiger charge is -2.35. The maximum Gasteiger partial charge on any atom is 0.118 e. The average Bonchev–Trinajstić information content (AvgIpc) is 3.02. The normalized spacial score (nSPS) is 13.4. The van der Waals surface area contributed by atoms with E-state index in [2.05, 4.69) is 141 Å². The highest BCUT2D eigenvalue weighted by molar-refractivity contribution is 6.24. The predicted molar refractivity (Wildman–Crippen MR) is 174 cm³/mol. The number of ether oxygens (including phenoxy) is 1. The van der Waals surface area contributed by atoms with Crippen LogP contribution in [0, 0.1) is 0 Å². The van der Waals surface area contributed by atoms with Gasteiger partial charge < -0.3 is 4.74 Å². The molecule has 196 valence electrons. The molecule has 7 aromatic carbocycles. The van der Waals surface area contributed by atoms with Crippen molar-refractivity contribution in [2.24, 2.45) is 0 Å². The molecule has 0 bridgehead atoms. The Bertz CT molecular complexity index is 2090. The summed E-state index contributed by atoms with van der Waals surface area (Å²) < 4.78 is 5.47. The smallest absolute Gasteiger partial charge is 0.118 e. The molecule has 41 heavy (non-hydrogen) atoms. The van der Waals surface area contributed by atoms with Crippen molar-refractivity contribution in [1.29, 1.82) is 0 Å². The van der Waals surface area contributed by atoms with E-state index in [1.165, 1.54) is 76.8 Å². The van der Waals surface area contributed by atoms with E-state index in [4.69, 9.17) is 4.74 Å². The molecule has 1 aliphatic carbocycles. The first-order valence-electron chi connectivity index (χ1n) is 14.3. The van der Waals surface area contributed by atoms with Crippen molar-refractivity contribution in [2.45, 2.75) is 19.3 Å². The summed E-state index contributed by atoms with van der Waals surface area (Å²) in [6, 6.07) is 46.8. The predicted octanol–water partition coefficient (Wildman–Crippen LogP) is 10.8. The Labute approximate surface area is 240 Å². The molecular weight excluding hydrogens is 496 g/mol. The van der Waals surface area contributed by atoms with Crippen LogP contribution in [-0.2, 0) is 5.41 Å². The van der Waals surface area contributed by atoms with Crippen LogP contribution in [0.1, 0.15) is 25.0 Å². The first kappa shape index (κ1) is 24.0. The average molecular weight is 527 g/mol. The second kappa shape index (κ2) is 8.81. The van der Waals surface area contributed by atoms with Crippen LogP contribution in [0.2, 0.25) is 0 Å². The van der Waals surface area contributed by atoms with Crippen molar-refractivity contribution in [2.75, 3.05) is 7.11 Å². The van der Waals surface area contributed by atoms with Crippen LogP contribution in [0.3, 0.4) is 0 Å². The van der Waals surface area contributed by atoms with Gasteiger partial charge in [0.15, 0.2) is 0 Å². The Kier molecular flexibility index (Phi) is 5.15. The third-order valence-electron chi connectivity index (χ3n) is 9.18. The SMILES string of the molecule is COc1ccc(-c2c3ccccc3c(-c3ccc4c5c(cccc35)C(C)(C)c3ccccc3-4)c3ccccc23)cc1. The quantitative estimate of drug-likeness (QED) is 0.208. The highest BCUT2D eigenvalue weighted by atomic mass is 16.5. The van der Waals surface area contributed by atoms with Gasteiger partial charge in [-0.3, -0.25) is 0 Å². The highest BCUT2D eigenvalue weighted by Crippen LogP contribution is 2.52. The lowest BCUT2D eigenvalue weighted by Crippen LogP contribution is -2.23. The monoisotopic (exact) mass is 526 g/mol. The van der Waals surface area contributed by atoms with Gasteiger partial charge in [-0.05, 0) is 89.0 Å². The van der Waals surface area contributed by atoms with E-state index in [9.17, 15) is 0 Å². The summed E-state index contributed by atoms with van der Waals surface area (Å²) in [6.45, 7) is 4.73. The minimum absolute atomic E-state index is 0.0793. The summed E-state index contributed by atoms with van der Waals surface area (Å²) in [5.74, 6) is 0.868. The largest absolute Gasteiger partial charge is 0.497 e. The summed E-state index contributed by atoms with van der Waals surface area (Å²) >= 11 is 0. The third-order valence-corrected chi connectivity index (χ3v) is 9.18. The fourth-order valence-corrected chi connectivity index (χ4v) is 7.27. The van der Waals surface area contributed by atoms with E-state index in [0.717, 1.165) is 5.75 Å². The van der Waals surface area contributed by atoms with Crippen molar-refractivity contribution in [3.05, 3.63) is 139 Å². The lowest BCUT2D eigenvalue weighted by atomic mass is 9.68. The van der Waals surface area contributed by atoms with Crippen molar-refractivity contribution in [1.82, 2.24) is 0 Å². The first-order chi connectivity index (χ1) is 20.1. The minimum atomic E-state index is -0.0793. The molecule has 0 aliphatic heterocycles. The molecule has 0 heterocycles. The van der Waals surface area contributed by atoms with Gasteiger partial charge in [0.1, 0.15) is 5.75 Å². The molecule has 0 spiro atoms. The fourth-order valence-electron chi connectivity index (χ4n) is 7.27. The molecule has 0 amide bonds. The Morgan fingerprint density at radius 3 is 1.63 bits per heavy atom. The van der Waals surface area contributed by atoms with Crippen molar-refractivity contribution >= 4 is 32.3 Å². The van der Waals surface area contributed by atoms with E-state index < -0.39 is 0 Å². The molecule has 0 aromatic heterocycles. The van der Waals surface area contributed by atoms with E-state index in [0.29, 0.717) is 0 Å². The second-order valence-electron chi connectivity index (χ2n) is 11.6. The van der Waals surface area contributed by atoms with E-state index in [1.807, 2.05) is 0 Å². The van der Waals surface area contributed by atoms with Crippen LogP contribution >= 0.6 is 0 Å². The molecule has 0 saturated heterocycles. The Morgan fingerprint density at radius 1 is 0.439 bits per heavy atom. The molecule has 1 aliphatic rings. The maximum atomic E-state index is 5.47. The van der Waals surface area contributed by atoms with E-state index >= 15 is 0 Å². The molecule has 0 fully saturated rings. The first-order valence-corrected chi connectivity index (χ1v) is 14.3. The second-order valence-corrected chi connectivity index (χ2v) is 11.6. The van der Waals surface area contributed by atoms with Crippen LogP contribution in [0.5, 0.6) is 5.75 Å². The van der Waals surface area contributed by atoms with Crippen molar-refractivity contribution in [3.63, 3.8) is 0 Å². The molecule has 0 saturated carbocycles. The van der Waals surface area contributed by atoms with Crippen LogP contribution in [0.25, 0.3) is 65.7 Å². The number of rotatable bonds is 3. The summed E-state index contributed by atoms with van der Waals surface area (Å²) in [5.41, 5.74) is 10.4. The van der Waals surface area contributed by atoms with Crippen molar-refractivity contribution < 1.29 is 4.74 Å². The van der Waals surface area contributed by atoms with Gasteiger partial charge in [-0.25, -0.2) is 0 Å². The van der Waals surface area contributed by atoms with Crippen LogP contribution in [0.4, 0.5) is 0 Å². The minimum Gasteiger partial charge on any atom is -0.497 e. The van der Waals surface area contributed by atoms with Gasteiger partial charge in [-0.15, -0.1) is 0 Å². The summed E-state index contributed by atoms with van der Waals surface area (Å²) in [6.07, 6.45) is 0. The Balaban J connectivity index is 1.51. The van der Waals surface area contributed by atoms with Crippen LogP contribution < -0.4 is 4.74 Å². The summed E-state index contributed by atoms with van der Waals surface area (Å²) in [5, 5.41) is 7.76. The Morgan fingerprint density at radius 2 is 0.976 bits per heavy atom. The van der Waals surface area contributed by atoms with E-state index in [-0.39, 0.29) is 5.41 Å². The number of hydrogen-bond acceptors (Lipinski definition) is 1. The molecule has 0 N–H and O–H groups in total. The summed E-state index contributed by atoms with van der Waals surface area (Å²) in [7, 11) is 1.72. The number of hydrogen-bond donors (Lipinski definition) is 0. The fraction of sp³-hybridized carbons (Fsp3) is 0.100. The van der Waals surface area contributed by atoms with Gasteiger partial charge in [0, 0.05) is 5.41 Å². The molecule has 7 aromatic rings. The van der Waals surface area contributed by atoms with Gasteiger partial charge in [-0.1, -0.05) is 129 Å². The zero-order valence-electron chi connectivity index (χ0n) is 23.5. The Hall–Kier alpha value is -4.88. The molecule has 8 rings (SSSR count). The van der Waals surface area contributed by atoms with Crippen molar-refractivity contribution in [3.8, 4) is 39.1 Å². The van der Waals surface area contributed by atoms with Gasteiger partial charge >= 0.3 is 0 Å². The third kappa shape index (κ3) is 3.36. The van der Waals surface area contributed by atoms with Gasteiger partial charge in [-0.2, -0.15) is 0 Å². The molecule has 0 atom stereocenters. The topological polar surface area (TPSA) is 9.23 Å². The molecule has 0 unspecified atom stereocenters. The van der Waals surface area contributed by atoms with Crippen LogP contribution in [-0.4, -0.2) is 7.11 Å². The van der Waals surface area contributed by atoms with Crippen LogP contribution in [0.15, 0.2) is 127 Å². The number of methoxy groups -OCH3 is 1. The van der Waals surface area contributed by atoms with Gasteiger partial charge in [0.05, 0.1) is 7.11 Å². The number of benzene rings is 7. The molecule has 1 nitrogen and oxygen atoms in total. The molecular formula is C40H30O. The maximum absolute atomic E-state index is 5.47. The highest BCUT2D eigenvalue weighted by Gasteiger charge is 2.33. The molecule has 0 radical (unpaired) electrons. The summed E-state index contributed by atoms with van der Waals surface area (Å²) in [4.78, 5) is 0. The standard InChI is InChI=1S/C40H30O/c1-40(2)35-17-9-8-11-27(35)33-23-24-34(32-16-10-18-36(40)39(32)33)38-30-14-6-4-12-28(30)37(29-13-5-7-15-31(29)38)25-19-21-26(41-3)22-20-25/h4-24H,1-3H3. The van der Waals surface area contributed by atoms with Gasteiger partial charge in [0.2, 0.25) is 0 Å². The van der Waals surface area contributed by atoms with E-state index in [1.54, 1.807) is 7.11 Å². The number of fused-ring (bicyclic) bond motifs is 4.